The number of fused-ring (bicyclic) bond motifs is 9. The van der Waals surface area contributed by atoms with Gasteiger partial charge in [0.25, 0.3) is 0 Å². The van der Waals surface area contributed by atoms with E-state index >= 15 is 0 Å². The molecule has 0 aliphatic heterocycles. The number of rotatable bonds is 3. The molecule has 0 radical (unpaired) electrons. The van der Waals surface area contributed by atoms with Crippen molar-refractivity contribution in [1.82, 2.24) is 0 Å². The molecule has 3 nitrogen and oxygen atoms in total. The van der Waals surface area contributed by atoms with Gasteiger partial charge in [0.15, 0.2) is 0 Å². The van der Waals surface area contributed by atoms with Gasteiger partial charge < -0.3 is 13.3 Å². The molecule has 0 atom stereocenters. The molecule has 49 heavy (non-hydrogen) atoms. The molecule has 0 amide bonds. The minimum Gasteiger partial charge on any atom is -0.456 e. The Kier molecular flexibility index (Phi) is 5.38. The van der Waals surface area contributed by atoms with Gasteiger partial charge in [0.1, 0.15) is 33.7 Å². The SMILES string of the molecule is c1ccc(-c2cc3cc4c(cc3o2)oc2ccc(-c3c5ccccc5c(-c5ccc6oc7ccccc7c6c5)c5ccccc35)cc24)cc1. The molecule has 3 heterocycles. The van der Waals surface area contributed by atoms with Gasteiger partial charge in [-0.3, -0.25) is 0 Å². The van der Waals surface area contributed by atoms with E-state index in [1.54, 1.807) is 0 Å². The van der Waals surface area contributed by atoms with Crippen molar-refractivity contribution in [2.75, 3.05) is 0 Å². The molecule has 0 spiro atoms. The van der Waals surface area contributed by atoms with Crippen molar-refractivity contribution in [3.05, 3.63) is 158 Å². The summed E-state index contributed by atoms with van der Waals surface area (Å²) in [4.78, 5) is 0. The molecular formula is C46H26O3. The Morgan fingerprint density at radius 2 is 0.755 bits per heavy atom. The largest absolute Gasteiger partial charge is 0.456 e. The first-order chi connectivity index (χ1) is 24.3. The number of hydrogen-bond acceptors (Lipinski definition) is 3. The summed E-state index contributed by atoms with van der Waals surface area (Å²) in [5.74, 6) is 0.853. The first-order valence-corrected chi connectivity index (χ1v) is 16.6. The monoisotopic (exact) mass is 626 g/mol. The highest BCUT2D eigenvalue weighted by molar-refractivity contribution is 6.23. The van der Waals surface area contributed by atoms with Crippen molar-refractivity contribution < 1.29 is 13.3 Å². The van der Waals surface area contributed by atoms with Crippen molar-refractivity contribution in [2.24, 2.45) is 0 Å². The summed E-state index contributed by atoms with van der Waals surface area (Å²) in [6.07, 6.45) is 0. The van der Waals surface area contributed by atoms with Crippen LogP contribution in [0.4, 0.5) is 0 Å². The molecule has 0 saturated heterocycles. The Balaban J connectivity index is 1.15. The zero-order valence-corrected chi connectivity index (χ0v) is 26.2. The third-order valence-corrected chi connectivity index (χ3v) is 10.1. The second kappa shape index (κ2) is 9.96. The van der Waals surface area contributed by atoms with Gasteiger partial charge in [-0.15, -0.1) is 0 Å². The minimum atomic E-state index is 0.819. The van der Waals surface area contributed by atoms with E-state index < -0.39 is 0 Å². The molecular weight excluding hydrogens is 601 g/mol. The summed E-state index contributed by atoms with van der Waals surface area (Å²) >= 11 is 0. The molecule has 228 valence electrons. The van der Waals surface area contributed by atoms with Gasteiger partial charge in [0, 0.05) is 38.6 Å². The van der Waals surface area contributed by atoms with E-state index in [1.807, 2.05) is 36.4 Å². The van der Waals surface area contributed by atoms with Gasteiger partial charge >= 0.3 is 0 Å². The summed E-state index contributed by atoms with van der Waals surface area (Å²) in [7, 11) is 0. The predicted molar refractivity (Wildman–Crippen MR) is 202 cm³/mol. The number of para-hydroxylation sites is 1. The molecule has 0 aliphatic rings. The maximum Gasteiger partial charge on any atom is 0.139 e. The maximum atomic E-state index is 6.41. The molecule has 0 N–H and O–H groups in total. The lowest BCUT2D eigenvalue weighted by molar-refractivity contribution is 0.628. The van der Waals surface area contributed by atoms with Gasteiger partial charge in [-0.2, -0.15) is 0 Å². The van der Waals surface area contributed by atoms with Crippen LogP contribution in [0.2, 0.25) is 0 Å². The molecule has 8 aromatic carbocycles. The lowest BCUT2D eigenvalue weighted by Gasteiger charge is -2.17. The molecule has 3 aromatic heterocycles. The zero-order chi connectivity index (χ0) is 32.1. The normalized spacial score (nSPS) is 12.1. The van der Waals surface area contributed by atoms with Crippen LogP contribution in [-0.2, 0) is 0 Å². The maximum absolute atomic E-state index is 6.41. The fourth-order valence-corrected chi connectivity index (χ4v) is 7.84. The van der Waals surface area contributed by atoms with E-state index in [4.69, 9.17) is 13.3 Å². The van der Waals surface area contributed by atoms with E-state index in [1.165, 1.54) is 38.2 Å². The van der Waals surface area contributed by atoms with Crippen LogP contribution in [-0.4, -0.2) is 0 Å². The van der Waals surface area contributed by atoms with Crippen LogP contribution in [0.15, 0.2) is 171 Å². The van der Waals surface area contributed by atoms with Crippen LogP contribution in [0.3, 0.4) is 0 Å². The fraction of sp³-hybridized carbons (Fsp3) is 0. The standard InChI is InChI=1S/C46H26O3/c1-2-10-27(11-3-1)42-25-30-24-38-37-23-29(19-21-41(37)48-44(38)26-43(30)49-42)46-34-15-6-4-13-32(34)45(33-14-5-7-16-35(33)46)28-18-20-40-36(22-28)31-12-8-9-17-39(31)47-40/h1-26H. The van der Waals surface area contributed by atoms with Crippen molar-refractivity contribution in [3.63, 3.8) is 0 Å². The Morgan fingerprint density at radius 1 is 0.265 bits per heavy atom. The minimum absolute atomic E-state index is 0.819. The van der Waals surface area contributed by atoms with E-state index in [9.17, 15) is 0 Å². The number of hydrogen-bond donors (Lipinski definition) is 0. The van der Waals surface area contributed by atoms with Crippen LogP contribution in [0, 0.1) is 0 Å². The van der Waals surface area contributed by atoms with Crippen molar-refractivity contribution in [1.29, 1.82) is 0 Å². The van der Waals surface area contributed by atoms with Gasteiger partial charge in [-0.25, -0.2) is 0 Å². The van der Waals surface area contributed by atoms with Gasteiger partial charge in [-0.05, 0) is 86.3 Å². The third-order valence-electron chi connectivity index (χ3n) is 10.1. The van der Waals surface area contributed by atoms with Crippen molar-refractivity contribution in [3.8, 4) is 33.6 Å². The fourth-order valence-electron chi connectivity index (χ4n) is 7.84. The smallest absolute Gasteiger partial charge is 0.139 e. The molecule has 3 heteroatoms. The first-order valence-electron chi connectivity index (χ1n) is 16.6. The first kappa shape index (κ1) is 26.5. The molecule has 0 saturated carbocycles. The van der Waals surface area contributed by atoms with E-state index in [0.29, 0.717) is 0 Å². The summed E-state index contributed by atoms with van der Waals surface area (Å²) in [5, 5.41) is 10.3. The van der Waals surface area contributed by atoms with Gasteiger partial charge in [0.2, 0.25) is 0 Å². The van der Waals surface area contributed by atoms with Gasteiger partial charge in [-0.1, -0.05) is 109 Å². The summed E-state index contributed by atoms with van der Waals surface area (Å²) in [5.41, 5.74) is 10.2. The van der Waals surface area contributed by atoms with Crippen LogP contribution < -0.4 is 0 Å². The number of furan rings is 3. The van der Waals surface area contributed by atoms with Crippen LogP contribution >= 0.6 is 0 Å². The van der Waals surface area contributed by atoms with E-state index in [-0.39, 0.29) is 0 Å². The Hall–Kier alpha value is -6.58. The zero-order valence-electron chi connectivity index (χ0n) is 26.2. The molecule has 0 aliphatic carbocycles. The summed E-state index contributed by atoms with van der Waals surface area (Å²) in [6.45, 7) is 0. The second-order valence-corrected chi connectivity index (χ2v) is 12.8. The quantitative estimate of drug-likeness (QED) is 0.183. The van der Waals surface area contributed by atoms with Crippen molar-refractivity contribution >= 4 is 76.4 Å². The topological polar surface area (TPSA) is 39.4 Å². The Labute approximate surface area is 280 Å². The summed E-state index contributed by atoms with van der Waals surface area (Å²) < 4.78 is 18.9. The Bertz CT molecular complexity index is 3040. The van der Waals surface area contributed by atoms with E-state index in [0.717, 1.165) is 71.7 Å². The van der Waals surface area contributed by atoms with Crippen LogP contribution in [0.1, 0.15) is 0 Å². The molecule has 0 fully saturated rings. The number of benzene rings is 8. The average Bonchev–Trinajstić information content (AvgIpc) is 3.85. The highest BCUT2D eigenvalue weighted by Crippen LogP contribution is 2.46. The predicted octanol–water partition coefficient (Wildman–Crippen LogP) is 13.5. The highest BCUT2D eigenvalue weighted by Gasteiger charge is 2.19. The van der Waals surface area contributed by atoms with Crippen LogP contribution in [0.5, 0.6) is 0 Å². The van der Waals surface area contributed by atoms with Crippen molar-refractivity contribution in [2.45, 2.75) is 0 Å². The molecule has 11 aromatic rings. The summed E-state index contributed by atoms with van der Waals surface area (Å²) in [6, 6.07) is 55.6. The molecule has 0 bridgehead atoms. The Morgan fingerprint density at radius 3 is 1.39 bits per heavy atom. The second-order valence-electron chi connectivity index (χ2n) is 12.8. The average molecular weight is 627 g/mol. The van der Waals surface area contributed by atoms with E-state index in [2.05, 4.69) is 121 Å². The lowest BCUT2D eigenvalue weighted by Crippen LogP contribution is -1.90. The highest BCUT2D eigenvalue weighted by atomic mass is 16.3. The molecule has 0 unspecified atom stereocenters. The lowest BCUT2D eigenvalue weighted by atomic mass is 9.85. The van der Waals surface area contributed by atoms with Gasteiger partial charge in [0.05, 0.1) is 0 Å². The third kappa shape index (κ3) is 3.90. The van der Waals surface area contributed by atoms with Crippen LogP contribution in [0.25, 0.3) is 110 Å². The molecule has 11 rings (SSSR count).